The number of hydrogen-bond acceptors (Lipinski definition) is 6. The fraction of sp³-hybridized carbons (Fsp3) is 0.667. The van der Waals surface area contributed by atoms with E-state index in [9.17, 15) is 4.79 Å². The molecule has 0 aromatic carbocycles. The van der Waals surface area contributed by atoms with Crippen molar-refractivity contribution in [3.8, 4) is 0 Å². The molecule has 2 N–H and O–H groups in total. The lowest BCUT2D eigenvalue weighted by Gasteiger charge is -2.20. The summed E-state index contributed by atoms with van der Waals surface area (Å²) in [5.74, 6) is -0.0957. The van der Waals surface area contributed by atoms with E-state index in [1.165, 1.54) is 11.5 Å². The number of aromatic nitrogens is 1. The summed E-state index contributed by atoms with van der Waals surface area (Å²) in [6.07, 6.45) is 1.10. The Bertz CT molecular complexity index is 456. The highest BCUT2D eigenvalue weighted by Crippen LogP contribution is 2.38. The highest BCUT2D eigenvalue weighted by Gasteiger charge is 2.33. The maximum Gasteiger partial charge on any atom is 0.345 e. The van der Waals surface area contributed by atoms with Crippen LogP contribution in [0, 0.1) is 5.41 Å². The average Bonchev–Trinajstić information content (AvgIpc) is 2.82. The lowest BCUT2D eigenvalue weighted by molar-refractivity contribution is 0.0528. The van der Waals surface area contributed by atoms with Gasteiger partial charge in [-0.25, -0.2) is 4.79 Å². The third-order valence-electron chi connectivity index (χ3n) is 3.14. The minimum atomic E-state index is -0.372. The Kier molecular flexibility index (Phi) is 3.47. The molecule has 0 saturated carbocycles. The van der Waals surface area contributed by atoms with Crippen LogP contribution >= 0.6 is 11.5 Å². The summed E-state index contributed by atoms with van der Waals surface area (Å²) in [6.45, 7) is 8.43. The molecule has 0 amide bonds. The average molecular weight is 269 g/mol. The molecule has 2 heterocycles. The van der Waals surface area contributed by atoms with E-state index in [4.69, 9.17) is 10.5 Å². The van der Waals surface area contributed by atoms with Crippen LogP contribution in [-0.2, 0) is 4.74 Å². The summed E-state index contributed by atoms with van der Waals surface area (Å²) in [4.78, 5) is 14.1. The van der Waals surface area contributed by atoms with Crippen molar-refractivity contribution in [1.82, 2.24) is 4.37 Å². The Labute approximate surface area is 111 Å². The van der Waals surface area contributed by atoms with Crippen molar-refractivity contribution < 1.29 is 9.53 Å². The molecule has 0 atom stereocenters. The van der Waals surface area contributed by atoms with Crippen molar-refractivity contribution >= 4 is 28.3 Å². The van der Waals surface area contributed by atoms with Gasteiger partial charge in [0.05, 0.1) is 6.61 Å². The van der Waals surface area contributed by atoms with E-state index < -0.39 is 0 Å². The summed E-state index contributed by atoms with van der Waals surface area (Å²) in [6, 6.07) is 0. The van der Waals surface area contributed by atoms with Gasteiger partial charge in [0.15, 0.2) is 5.82 Å². The van der Waals surface area contributed by atoms with E-state index in [-0.39, 0.29) is 17.2 Å². The van der Waals surface area contributed by atoms with Crippen molar-refractivity contribution in [2.75, 3.05) is 30.3 Å². The number of rotatable bonds is 3. The molecular formula is C12H19N3O2S. The van der Waals surface area contributed by atoms with Crippen LogP contribution in [0.2, 0.25) is 0 Å². The van der Waals surface area contributed by atoms with Crippen LogP contribution in [0.1, 0.15) is 37.6 Å². The van der Waals surface area contributed by atoms with Crippen molar-refractivity contribution in [3.63, 3.8) is 0 Å². The first-order valence-electron chi connectivity index (χ1n) is 6.12. The second-order valence-corrected chi connectivity index (χ2v) is 6.06. The SMILES string of the molecule is CCOC(=O)c1c(N)nsc1N1CCC(C)(C)C1. The van der Waals surface area contributed by atoms with E-state index in [1.807, 2.05) is 0 Å². The maximum atomic E-state index is 11.9. The summed E-state index contributed by atoms with van der Waals surface area (Å²) in [5.41, 5.74) is 6.48. The zero-order chi connectivity index (χ0) is 13.3. The van der Waals surface area contributed by atoms with Crippen molar-refractivity contribution in [2.24, 2.45) is 5.41 Å². The highest BCUT2D eigenvalue weighted by atomic mass is 32.1. The zero-order valence-electron chi connectivity index (χ0n) is 11.0. The van der Waals surface area contributed by atoms with E-state index in [0.717, 1.165) is 24.5 Å². The number of nitrogens with two attached hydrogens (primary N) is 1. The standard InChI is InChI=1S/C12H19N3O2S/c1-4-17-11(16)8-9(13)14-18-10(8)15-6-5-12(2,3)7-15/h4-7H2,1-3H3,(H2,13,14). The molecule has 1 aromatic heterocycles. The number of carbonyl (C=O) groups is 1. The van der Waals surface area contributed by atoms with Crippen LogP contribution in [0.5, 0.6) is 0 Å². The molecule has 0 aliphatic carbocycles. The minimum Gasteiger partial charge on any atom is -0.462 e. The van der Waals surface area contributed by atoms with Gasteiger partial charge in [0.1, 0.15) is 10.6 Å². The lowest BCUT2D eigenvalue weighted by Crippen LogP contribution is -2.24. The molecule has 2 rings (SSSR count). The van der Waals surface area contributed by atoms with Gasteiger partial charge in [0.25, 0.3) is 0 Å². The van der Waals surface area contributed by atoms with Crippen LogP contribution in [0.4, 0.5) is 10.8 Å². The molecule has 0 spiro atoms. The summed E-state index contributed by atoms with van der Waals surface area (Å²) < 4.78 is 9.13. The predicted molar refractivity (Wildman–Crippen MR) is 73.1 cm³/mol. The van der Waals surface area contributed by atoms with Crippen LogP contribution in [0.3, 0.4) is 0 Å². The molecule has 100 valence electrons. The molecule has 0 unspecified atom stereocenters. The highest BCUT2D eigenvalue weighted by molar-refractivity contribution is 7.11. The Morgan fingerprint density at radius 3 is 2.89 bits per heavy atom. The summed E-state index contributed by atoms with van der Waals surface area (Å²) in [7, 11) is 0. The quantitative estimate of drug-likeness (QED) is 0.851. The maximum absolute atomic E-state index is 11.9. The largest absolute Gasteiger partial charge is 0.462 e. The monoisotopic (exact) mass is 269 g/mol. The summed E-state index contributed by atoms with van der Waals surface area (Å²) >= 11 is 1.28. The van der Waals surface area contributed by atoms with Gasteiger partial charge < -0.3 is 15.4 Å². The number of anilines is 2. The number of nitrogens with zero attached hydrogens (tertiary/aromatic N) is 2. The van der Waals surface area contributed by atoms with E-state index in [0.29, 0.717) is 12.2 Å². The molecule has 1 aliphatic rings. The fourth-order valence-corrected chi connectivity index (χ4v) is 3.02. The Morgan fingerprint density at radius 2 is 2.33 bits per heavy atom. The van der Waals surface area contributed by atoms with Crippen LogP contribution in [-0.4, -0.2) is 30.0 Å². The van der Waals surface area contributed by atoms with Gasteiger partial charge in [-0.3, -0.25) is 0 Å². The first kappa shape index (κ1) is 13.1. The first-order chi connectivity index (χ1) is 8.44. The third kappa shape index (κ3) is 2.43. The zero-order valence-corrected chi connectivity index (χ0v) is 11.8. The van der Waals surface area contributed by atoms with Gasteiger partial charge in [-0.2, -0.15) is 4.37 Å². The normalized spacial score (nSPS) is 18.1. The van der Waals surface area contributed by atoms with Crippen LogP contribution in [0.25, 0.3) is 0 Å². The molecule has 1 fully saturated rings. The van der Waals surface area contributed by atoms with Crippen LogP contribution in [0.15, 0.2) is 0 Å². The molecule has 1 aromatic rings. The number of hydrogen-bond donors (Lipinski definition) is 1. The minimum absolute atomic E-state index is 0.269. The lowest BCUT2D eigenvalue weighted by atomic mass is 9.93. The topological polar surface area (TPSA) is 68.5 Å². The van der Waals surface area contributed by atoms with Gasteiger partial charge >= 0.3 is 5.97 Å². The first-order valence-corrected chi connectivity index (χ1v) is 6.89. The molecule has 1 saturated heterocycles. The number of esters is 1. The van der Waals surface area contributed by atoms with Gasteiger partial charge in [0.2, 0.25) is 0 Å². The van der Waals surface area contributed by atoms with Crippen molar-refractivity contribution in [1.29, 1.82) is 0 Å². The molecule has 0 bridgehead atoms. The molecular weight excluding hydrogens is 250 g/mol. The van der Waals surface area contributed by atoms with Gasteiger partial charge in [-0.1, -0.05) is 13.8 Å². The Morgan fingerprint density at radius 1 is 1.61 bits per heavy atom. The smallest absolute Gasteiger partial charge is 0.345 e. The third-order valence-corrected chi connectivity index (χ3v) is 4.07. The molecule has 0 radical (unpaired) electrons. The fourth-order valence-electron chi connectivity index (χ4n) is 2.19. The van der Waals surface area contributed by atoms with Gasteiger partial charge in [-0.05, 0) is 30.3 Å². The predicted octanol–water partition coefficient (Wildman–Crippen LogP) is 2.14. The van der Waals surface area contributed by atoms with Gasteiger partial charge in [-0.15, -0.1) is 0 Å². The molecule has 5 nitrogen and oxygen atoms in total. The van der Waals surface area contributed by atoms with Crippen molar-refractivity contribution in [2.45, 2.75) is 27.2 Å². The van der Waals surface area contributed by atoms with E-state index in [2.05, 4.69) is 23.1 Å². The van der Waals surface area contributed by atoms with Crippen LogP contribution < -0.4 is 10.6 Å². The number of ether oxygens (including phenoxy) is 1. The second-order valence-electron chi connectivity index (χ2n) is 5.30. The second kappa shape index (κ2) is 4.76. The molecule has 6 heteroatoms. The number of nitrogen functional groups attached to an aromatic ring is 1. The van der Waals surface area contributed by atoms with Crippen molar-refractivity contribution in [3.05, 3.63) is 5.56 Å². The van der Waals surface area contributed by atoms with E-state index in [1.54, 1.807) is 6.92 Å². The Hall–Kier alpha value is -1.30. The van der Waals surface area contributed by atoms with Gasteiger partial charge in [0, 0.05) is 13.1 Å². The molecule has 1 aliphatic heterocycles. The molecule has 18 heavy (non-hydrogen) atoms. The Balaban J connectivity index is 2.27. The summed E-state index contributed by atoms with van der Waals surface area (Å²) in [5, 5.41) is 0.844. The van der Waals surface area contributed by atoms with E-state index >= 15 is 0 Å². The number of carbonyl (C=O) groups excluding carboxylic acids is 1.